The zero-order valence-corrected chi connectivity index (χ0v) is 13.1. The molecule has 120 valence electrons. The molecule has 0 radical (unpaired) electrons. The number of anilines is 3. The Morgan fingerprint density at radius 3 is 2.50 bits per heavy atom. The molecule has 2 aromatic carbocycles. The van der Waals surface area contributed by atoms with Gasteiger partial charge in [0.05, 0.1) is 0 Å². The van der Waals surface area contributed by atoms with Gasteiger partial charge in [-0.3, -0.25) is 9.78 Å². The molecule has 24 heavy (non-hydrogen) atoms. The summed E-state index contributed by atoms with van der Waals surface area (Å²) in [4.78, 5) is 16.4. The summed E-state index contributed by atoms with van der Waals surface area (Å²) < 4.78 is 12.9. The van der Waals surface area contributed by atoms with E-state index in [2.05, 4.69) is 15.6 Å². The van der Waals surface area contributed by atoms with Gasteiger partial charge in [0, 0.05) is 23.3 Å². The number of amides is 1. The van der Waals surface area contributed by atoms with Crippen LogP contribution in [-0.4, -0.2) is 10.9 Å². The van der Waals surface area contributed by atoms with Gasteiger partial charge in [-0.1, -0.05) is 12.1 Å². The van der Waals surface area contributed by atoms with Gasteiger partial charge in [-0.15, -0.1) is 0 Å². The highest BCUT2D eigenvalue weighted by Crippen LogP contribution is 2.18. The number of aryl methyl sites for hydroxylation is 1. The lowest BCUT2D eigenvalue weighted by atomic mass is 10.2. The monoisotopic (exact) mass is 321 g/mol. The Kier molecular flexibility index (Phi) is 4.52. The minimum absolute atomic E-state index is 0.289. The second-order valence-electron chi connectivity index (χ2n) is 5.39. The zero-order valence-electron chi connectivity index (χ0n) is 13.1. The average molecular weight is 321 g/mol. The smallest absolute Gasteiger partial charge is 0.274 e. The number of benzene rings is 2. The maximum atomic E-state index is 12.9. The predicted molar refractivity (Wildman–Crippen MR) is 93.1 cm³/mol. The van der Waals surface area contributed by atoms with E-state index in [-0.39, 0.29) is 11.7 Å². The molecule has 5 heteroatoms. The fourth-order valence-electron chi connectivity index (χ4n) is 2.25. The van der Waals surface area contributed by atoms with E-state index in [9.17, 15) is 9.18 Å². The molecule has 1 aromatic heterocycles. The van der Waals surface area contributed by atoms with Crippen LogP contribution in [0.25, 0.3) is 0 Å². The van der Waals surface area contributed by atoms with E-state index < -0.39 is 0 Å². The molecule has 2 N–H and O–H groups in total. The number of carbonyl (C=O) groups is 1. The Balaban J connectivity index is 1.74. The number of nitrogens with zero attached hydrogens (tertiary/aromatic N) is 1. The second kappa shape index (κ2) is 6.91. The Bertz CT molecular complexity index is 862. The summed E-state index contributed by atoms with van der Waals surface area (Å²) in [6.45, 7) is 1.96. The Hall–Kier alpha value is -3.21. The number of pyridine rings is 1. The molecule has 4 nitrogen and oxygen atoms in total. The maximum absolute atomic E-state index is 12.9. The fraction of sp³-hybridized carbons (Fsp3) is 0.0526. The first kappa shape index (κ1) is 15.7. The normalized spacial score (nSPS) is 10.2. The van der Waals surface area contributed by atoms with Crippen molar-refractivity contribution < 1.29 is 9.18 Å². The van der Waals surface area contributed by atoms with Crippen LogP contribution in [0.3, 0.4) is 0 Å². The van der Waals surface area contributed by atoms with Gasteiger partial charge in [0.15, 0.2) is 0 Å². The summed E-state index contributed by atoms with van der Waals surface area (Å²) in [5.41, 5.74) is 3.51. The molecule has 0 spiro atoms. The molecule has 0 aliphatic heterocycles. The summed E-state index contributed by atoms with van der Waals surface area (Å²) >= 11 is 0. The van der Waals surface area contributed by atoms with Gasteiger partial charge < -0.3 is 10.6 Å². The van der Waals surface area contributed by atoms with Crippen molar-refractivity contribution in [1.82, 2.24) is 4.98 Å². The summed E-state index contributed by atoms with van der Waals surface area (Å²) in [7, 11) is 0. The molecule has 1 amide bonds. The van der Waals surface area contributed by atoms with Crippen LogP contribution in [-0.2, 0) is 0 Å². The molecule has 0 saturated heterocycles. The molecule has 0 aliphatic carbocycles. The van der Waals surface area contributed by atoms with Crippen molar-refractivity contribution in [2.45, 2.75) is 6.92 Å². The maximum Gasteiger partial charge on any atom is 0.274 e. The van der Waals surface area contributed by atoms with Crippen LogP contribution in [0.1, 0.15) is 16.1 Å². The van der Waals surface area contributed by atoms with Crippen LogP contribution in [0, 0.1) is 12.7 Å². The third kappa shape index (κ3) is 3.95. The second-order valence-corrected chi connectivity index (χ2v) is 5.39. The lowest BCUT2D eigenvalue weighted by Gasteiger charge is -2.09. The van der Waals surface area contributed by atoms with Crippen LogP contribution in [0.15, 0.2) is 66.9 Å². The number of carbonyl (C=O) groups excluding carboxylic acids is 1. The summed E-state index contributed by atoms with van der Waals surface area (Å²) in [6, 6.07) is 16.9. The fourth-order valence-corrected chi connectivity index (χ4v) is 2.25. The highest BCUT2D eigenvalue weighted by Gasteiger charge is 2.09. The van der Waals surface area contributed by atoms with Gasteiger partial charge >= 0.3 is 0 Å². The molecule has 0 bridgehead atoms. The Morgan fingerprint density at radius 2 is 1.75 bits per heavy atom. The summed E-state index contributed by atoms with van der Waals surface area (Å²) in [6.07, 6.45) is 1.55. The zero-order chi connectivity index (χ0) is 16.9. The third-order valence-electron chi connectivity index (χ3n) is 3.40. The molecule has 0 atom stereocenters. The lowest BCUT2D eigenvalue weighted by Crippen LogP contribution is -2.13. The number of hydrogen-bond acceptors (Lipinski definition) is 3. The van der Waals surface area contributed by atoms with Crippen LogP contribution in [0.5, 0.6) is 0 Å². The number of aromatic nitrogens is 1. The van der Waals surface area contributed by atoms with Crippen molar-refractivity contribution in [3.63, 3.8) is 0 Å². The van der Waals surface area contributed by atoms with Crippen molar-refractivity contribution in [3.05, 3.63) is 83.9 Å². The van der Waals surface area contributed by atoms with Crippen LogP contribution in [0.4, 0.5) is 21.5 Å². The number of halogens is 1. The number of rotatable bonds is 4. The number of hydrogen-bond donors (Lipinski definition) is 2. The molecule has 3 aromatic rings. The first-order valence-corrected chi connectivity index (χ1v) is 7.47. The molecule has 3 rings (SSSR count). The van der Waals surface area contributed by atoms with E-state index in [4.69, 9.17) is 0 Å². The summed E-state index contributed by atoms with van der Waals surface area (Å²) in [5, 5.41) is 5.93. The Morgan fingerprint density at radius 1 is 0.958 bits per heavy atom. The predicted octanol–water partition coefficient (Wildman–Crippen LogP) is 4.53. The minimum Gasteiger partial charge on any atom is -0.355 e. The van der Waals surface area contributed by atoms with Crippen molar-refractivity contribution in [3.8, 4) is 0 Å². The van der Waals surface area contributed by atoms with E-state index in [1.807, 2.05) is 31.2 Å². The quantitative estimate of drug-likeness (QED) is 0.742. The van der Waals surface area contributed by atoms with Gasteiger partial charge in [-0.25, -0.2) is 4.39 Å². The van der Waals surface area contributed by atoms with E-state index in [1.165, 1.54) is 12.1 Å². The summed E-state index contributed by atoms with van der Waals surface area (Å²) in [5.74, 6) is -0.586. The third-order valence-corrected chi connectivity index (χ3v) is 3.40. The van der Waals surface area contributed by atoms with Gasteiger partial charge in [0.1, 0.15) is 11.5 Å². The van der Waals surface area contributed by atoms with Crippen LogP contribution in [0.2, 0.25) is 0 Å². The first-order chi connectivity index (χ1) is 11.6. The molecule has 0 saturated carbocycles. The van der Waals surface area contributed by atoms with E-state index in [0.717, 1.165) is 16.9 Å². The standard InChI is InChI=1S/C19H16FN3O/c1-13-3-2-4-16(11-13)23-19(24)18-12-17(9-10-21-18)22-15-7-5-14(20)6-8-15/h2-12H,1H3,(H,21,22)(H,23,24). The number of nitrogens with one attached hydrogen (secondary N) is 2. The largest absolute Gasteiger partial charge is 0.355 e. The van der Waals surface area contributed by atoms with Gasteiger partial charge in [-0.05, 0) is 61.0 Å². The van der Waals surface area contributed by atoms with E-state index in [0.29, 0.717) is 11.4 Å². The van der Waals surface area contributed by atoms with Crippen molar-refractivity contribution in [2.24, 2.45) is 0 Å². The first-order valence-electron chi connectivity index (χ1n) is 7.47. The topological polar surface area (TPSA) is 54.0 Å². The van der Waals surface area contributed by atoms with Gasteiger partial charge in [0.2, 0.25) is 0 Å². The van der Waals surface area contributed by atoms with Crippen LogP contribution < -0.4 is 10.6 Å². The van der Waals surface area contributed by atoms with Gasteiger partial charge in [-0.2, -0.15) is 0 Å². The molecule has 0 aliphatic rings. The average Bonchev–Trinajstić information content (AvgIpc) is 2.57. The minimum atomic E-state index is -0.298. The van der Waals surface area contributed by atoms with Crippen LogP contribution >= 0.6 is 0 Å². The molecule has 0 fully saturated rings. The highest BCUT2D eigenvalue weighted by atomic mass is 19.1. The highest BCUT2D eigenvalue weighted by molar-refractivity contribution is 6.03. The SMILES string of the molecule is Cc1cccc(NC(=O)c2cc(Nc3ccc(F)cc3)ccn2)c1. The van der Waals surface area contributed by atoms with Crippen molar-refractivity contribution in [2.75, 3.05) is 10.6 Å². The van der Waals surface area contributed by atoms with E-state index in [1.54, 1.807) is 30.5 Å². The molecular formula is C19H16FN3O. The van der Waals surface area contributed by atoms with E-state index >= 15 is 0 Å². The Labute approximate surface area is 139 Å². The molecule has 0 unspecified atom stereocenters. The van der Waals surface area contributed by atoms with Crippen molar-refractivity contribution in [1.29, 1.82) is 0 Å². The molecular weight excluding hydrogens is 305 g/mol. The molecule has 1 heterocycles. The van der Waals surface area contributed by atoms with Gasteiger partial charge in [0.25, 0.3) is 5.91 Å². The lowest BCUT2D eigenvalue weighted by molar-refractivity contribution is 0.102. The van der Waals surface area contributed by atoms with Crippen molar-refractivity contribution >= 4 is 23.0 Å².